The zero-order valence-corrected chi connectivity index (χ0v) is 11.1. The van der Waals surface area contributed by atoms with Crippen molar-refractivity contribution in [3.63, 3.8) is 0 Å². The topological polar surface area (TPSA) is 18.8 Å². The number of guanidine groups is 1. The average molecular weight is 231 g/mol. The molecule has 0 aliphatic carbocycles. The Morgan fingerprint density at radius 1 is 1.06 bits per heavy atom. The molecule has 0 radical (unpaired) electrons. The van der Waals surface area contributed by atoms with Gasteiger partial charge in [-0.1, -0.05) is 42.5 Å². The molecule has 0 saturated heterocycles. The van der Waals surface area contributed by atoms with Crippen molar-refractivity contribution in [2.75, 3.05) is 34.7 Å². The van der Waals surface area contributed by atoms with Crippen molar-refractivity contribution in [1.82, 2.24) is 9.80 Å². The minimum Gasteiger partial charge on any atom is -0.349 e. The molecule has 3 heteroatoms. The fraction of sp³-hybridized carbons (Fsp3) is 0.357. The molecule has 0 aliphatic rings. The number of rotatable bonds is 3. The summed E-state index contributed by atoms with van der Waals surface area (Å²) in [4.78, 5) is 8.54. The smallest absolute Gasteiger partial charge is 0.195 e. The summed E-state index contributed by atoms with van der Waals surface area (Å²) < 4.78 is 0. The number of hydrogen-bond acceptors (Lipinski definition) is 1. The van der Waals surface area contributed by atoms with Gasteiger partial charge in [0.05, 0.1) is 6.54 Å². The molecule has 0 bridgehead atoms. The minimum atomic E-state index is 0.695. The van der Waals surface area contributed by atoms with Gasteiger partial charge in [0.15, 0.2) is 5.96 Å². The van der Waals surface area contributed by atoms with Crippen LogP contribution < -0.4 is 0 Å². The molecule has 0 aromatic heterocycles. The molecule has 0 fully saturated rings. The molecule has 0 aliphatic heterocycles. The maximum atomic E-state index is 4.52. The summed E-state index contributed by atoms with van der Waals surface area (Å²) >= 11 is 0. The van der Waals surface area contributed by atoms with E-state index < -0.39 is 0 Å². The monoisotopic (exact) mass is 231 g/mol. The van der Waals surface area contributed by atoms with Crippen LogP contribution in [0, 0.1) is 0 Å². The van der Waals surface area contributed by atoms with E-state index in [2.05, 4.69) is 29.3 Å². The van der Waals surface area contributed by atoms with Gasteiger partial charge >= 0.3 is 0 Å². The molecular formula is C14H21N3. The van der Waals surface area contributed by atoms with E-state index >= 15 is 0 Å². The predicted octanol–water partition coefficient (Wildman–Crippen LogP) is 2.18. The Kier molecular flexibility index (Phi) is 5.27. The average Bonchev–Trinajstić information content (AvgIpc) is 2.29. The minimum absolute atomic E-state index is 0.695. The van der Waals surface area contributed by atoms with E-state index in [1.807, 2.05) is 56.2 Å². The molecule has 1 aromatic carbocycles. The lowest BCUT2D eigenvalue weighted by molar-refractivity contribution is 0.481. The Hall–Kier alpha value is -1.77. The molecule has 0 unspecified atom stereocenters. The normalized spacial score (nSPS) is 10.4. The SMILES string of the molecule is CN(C)C(=NC/C=C/c1ccccc1)N(C)C. The van der Waals surface area contributed by atoms with Gasteiger partial charge < -0.3 is 9.80 Å². The summed E-state index contributed by atoms with van der Waals surface area (Å²) in [5.41, 5.74) is 1.21. The molecule has 0 N–H and O–H groups in total. The van der Waals surface area contributed by atoms with E-state index in [0.29, 0.717) is 6.54 Å². The molecule has 1 rings (SSSR count). The summed E-state index contributed by atoms with van der Waals surface area (Å²) in [5.74, 6) is 0.975. The first-order valence-electron chi connectivity index (χ1n) is 5.72. The van der Waals surface area contributed by atoms with Gasteiger partial charge in [-0.25, -0.2) is 4.99 Å². The summed E-state index contributed by atoms with van der Waals surface area (Å²) in [6, 6.07) is 10.3. The lowest BCUT2D eigenvalue weighted by Crippen LogP contribution is -2.35. The van der Waals surface area contributed by atoms with Gasteiger partial charge in [-0.15, -0.1) is 0 Å². The zero-order valence-electron chi connectivity index (χ0n) is 11.1. The second-order valence-corrected chi connectivity index (χ2v) is 4.24. The summed E-state index contributed by atoms with van der Waals surface area (Å²) in [7, 11) is 8.00. The molecule has 1 aromatic rings. The molecule has 3 nitrogen and oxygen atoms in total. The molecule has 0 atom stereocenters. The standard InChI is InChI=1S/C14H21N3/c1-16(2)14(17(3)4)15-12-8-11-13-9-6-5-7-10-13/h5-11H,12H2,1-4H3/b11-8+. The second-order valence-electron chi connectivity index (χ2n) is 4.24. The van der Waals surface area contributed by atoms with Crippen molar-refractivity contribution in [3.05, 3.63) is 42.0 Å². The first-order chi connectivity index (χ1) is 8.11. The Labute approximate surface area is 104 Å². The van der Waals surface area contributed by atoms with Crippen molar-refractivity contribution in [2.45, 2.75) is 0 Å². The van der Waals surface area contributed by atoms with E-state index in [9.17, 15) is 0 Å². The Morgan fingerprint density at radius 3 is 2.18 bits per heavy atom. The van der Waals surface area contributed by atoms with Crippen LogP contribution in [0.25, 0.3) is 6.08 Å². The largest absolute Gasteiger partial charge is 0.349 e. The fourth-order valence-electron chi connectivity index (χ4n) is 1.57. The van der Waals surface area contributed by atoms with E-state index in [1.54, 1.807) is 0 Å². The first kappa shape index (κ1) is 13.3. The predicted molar refractivity (Wildman–Crippen MR) is 75.2 cm³/mol. The maximum Gasteiger partial charge on any atom is 0.195 e. The lowest BCUT2D eigenvalue weighted by Gasteiger charge is -2.22. The quantitative estimate of drug-likeness (QED) is 0.586. The van der Waals surface area contributed by atoms with Crippen molar-refractivity contribution >= 4 is 12.0 Å². The lowest BCUT2D eigenvalue weighted by atomic mass is 10.2. The van der Waals surface area contributed by atoms with Crippen LogP contribution in [0.15, 0.2) is 41.4 Å². The van der Waals surface area contributed by atoms with Crippen LogP contribution in [0.4, 0.5) is 0 Å². The van der Waals surface area contributed by atoms with Crippen molar-refractivity contribution < 1.29 is 0 Å². The highest BCUT2D eigenvalue weighted by Gasteiger charge is 2.01. The summed E-state index contributed by atoms with van der Waals surface area (Å²) in [5, 5.41) is 0. The number of aliphatic imine (C=N–C) groups is 1. The van der Waals surface area contributed by atoms with Gasteiger partial charge in [0.2, 0.25) is 0 Å². The van der Waals surface area contributed by atoms with Gasteiger partial charge in [-0.2, -0.15) is 0 Å². The van der Waals surface area contributed by atoms with Crippen LogP contribution in [0.2, 0.25) is 0 Å². The summed E-state index contributed by atoms with van der Waals surface area (Å²) in [6.07, 6.45) is 4.16. The molecular weight excluding hydrogens is 210 g/mol. The Balaban J connectivity index is 2.56. The van der Waals surface area contributed by atoms with Gasteiger partial charge in [-0.3, -0.25) is 0 Å². The molecule has 92 valence electrons. The third-order valence-electron chi connectivity index (χ3n) is 2.25. The van der Waals surface area contributed by atoms with Gasteiger partial charge in [0.1, 0.15) is 0 Å². The number of nitrogens with zero attached hydrogens (tertiary/aromatic N) is 3. The van der Waals surface area contributed by atoms with Crippen LogP contribution in [-0.2, 0) is 0 Å². The van der Waals surface area contributed by atoms with Crippen LogP contribution in [0.1, 0.15) is 5.56 Å². The first-order valence-corrected chi connectivity index (χ1v) is 5.72. The molecule has 0 spiro atoms. The van der Waals surface area contributed by atoms with Crippen LogP contribution in [0.5, 0.6) is 0 Å². The van der Waals surface area contributed by atoms with E-state index in [-0.39, 0.29) is 0 Å². The second kappa shape index (κ2) is 6.74. The zero-order chi connectivity index (χ0) is 12.7. The van der Waals surface area contributed by atoms with Crippen LogP contribution in [0.3, 0.4) is 0 Å². The van der Waals surface area contributed by atoms with E-state index in [4.69, 9.17) is 0 Å². The van der Waals surface area contributed by atoms with Crippen molar-refractivity contribution in [1.29, 1.82) is 0 Å². The highest BCUT2D eigenvalue weighted by molar-refractivity contribution is 5.79. The van der Waals surface area contributed by atoms with Gasteiger partial charge in [0.25, 0.3) is 0 Å². The number of hydrogen-bond donors (Lipinski definition) is 0. The van der Waals surface area contributed by atoms with Crippen molar-refractivity contribution in [3.8, 4) is 0 Å². The fourth-order valence-corrected chi connectivity index (χ4v) is 1.57. The number of benzene rings is 1. The summed E-state index contributed by atoms with van der Waals surface area (Å²) in [6.45, 7) is 0.695. The van der Waals surface area contributed by atoms with Gasteiger partial charge in [0, 0.05) is 28.2 Å². The third kappa shape index (κ3) is 4.72. The van der Waals surface area contributed by atoms with Crippen LogP contribution in [-0.4, -0.2) is 50.5 Å². The van der Waals surface area contributed by atoms with Crippen LogP contribution >= 0.6 is 0 Å². The molecule has 0 saturated carbocycles. The molecule has 0 heterocycles. The highest BCUT2D eigenvalue weighted by Crippen LogP contribution is 2.00. The maximum absolute atomic E-state index is 4.52. The van der Waals surface area contributed by atoms with E-state index in [0.717, 1.165) is 5.96 Å². The molecule has 0 amide bonds. The Morgan fingerprint density at radius 2 is 1.65 bits per heavy atom. The molecule has 17 heavy (non-hydrogen) atoms. The van der Waals surface area contributed by atoms with Gasteiger partial charge in [-0.05, 0) is 5.56 Å². The van der Waals surface area contributed by atoms with Crippen molar-refractivity contribution in [2.24, 2.45) is 4.99 Å². The highest BCUT2D eigenvalue weighted by atomic mass is 15.3. The Bertz CT molecular complexity index is 368. The third-order valence-corrected chi connectivity index (χ3v) is 2.25. The van der Waals surface area contributed by atoms with E-state index in [1.165, 1.54) is 5.56 Å².